The van der Waals surface area contributed by atoms with E-state index in [4.69, 9.17) is 21.1 Å². The summed E-state index contributed by atoms with van der Waals surface area (Å²) in [6.45, 7) is 0.0942. The van der Waals surface area contributed by atoms with E-state index in [2.05, 4.69) is 14.7 Å². The smallest absolute Gasteiger partial charge is 0.257 e. The van der Waals surface area contributed by atoms with Crippen molar-refractivity contribution in [1.29, 1.82) is 0 Å². The molecule has 0 atom stereocenters. The summed E-state index contributed by atoms with van der Waals surface area (Å²) in [6, 6.07) is 12.7. The number of ether oxygens (including phenoxy) is 2. The summed E-state index contributed by atoms with van der Waals surface area (Å²) in [5.74, 6) is 1.14. The Morgan fingerprint density at radius 2 is 2.04 bits per heavy atom. The zero-order valence-corrected chi connectivity index (χ0v) is 13.7. The summed E-state index contributed by atoms with van der Waals surface area (Å²) < 4.78 is 14.8. The van der Waals surface area contributed by atoms with Crippen molar-refractivity contribution in [3.63, 3.8) is 0 Å². The second-order valence-electron chi connectivity index (χ2n) is 4.94. The topological polar surface area (TPSA) is 73.3 Å². The molecule has 0 radical (unpaired) electrons. The third-order valence-corrected chi connectivity index (χ3v) is 4.28. The van der Waals surface area contributed by atoms with E-state index >= 15 is 0 Å². The number of halogens is 1. The van der Waals surface area contributed by atoms with Gasteiger partial charge in [0, 0.05) is 22.7 Å². The Morgan fingerprint density at radius 3 is 2.88 bits per heavy atom. The fraction of sp³-hybridized carbons (Fsp3) is 0.0625. The van der Waals surface area contributed by atoms with E-state index < -0.39 is 0 Å². The maximum Gasteiger partial charge on any atom is 0.257 e. The predicted octanol–water partition coefficient (Wildman–Crippen LogP) is 3.84. The number of carbonyl (C=O) groups excluding carboxylic acids is 1. The van der Waals surface area contributed by atoms with Gasteiger partial charge in [0.1, 0.15) is 0 Å². The molecule has 0 aliphatic carbocycles. The summed E-state index contributed by atoms with van der Waals surface area (Å²) in [5.41, 5.74) is 1.25. The zero-order chi connectivity index (χ0) is 16.5. The van der Waals surface area contributed by atoms with E-state index in [0.717, 1.165) is 17.1 Å². The standard InChI is InChI=1S/C16H10ClN3O3S/c17-11-6-10(7-12-13(11)23-8-22-12)15(21)19-16-18-14(20-24-16)9-4-2-1-3-5-9/h1-7H,8H2,(H,18,19,20,21). The lowest BCUT2D eigenvalue weighted by atomic mass is 10.2. The Bertz CT molecular complexity index is 914. The normalized spacial score (nSPS) is 12.2. The summed E-state index contributed by atoms with van der Waals surface area (Å²) in [7, 11) is 0. The Hall–Kier alpha value is -2.64. The second-order valence-corrected chi connectivity index (χ2v) is 6.09. The van der Waals surface area contributed by atoms with Crippen LogP contribution in [0.15, 0.2) is 42.5 Å². The lowest BCUT2D eigenvalue weighted by Gasteiger charge is -2.04. The van der Waals surface area contributed by atoms with Crippen LogP contribution in [0.4, 0.5) is 5.13 Å². The molecule has 1 aromatic heterocycles. The van der Waals surface area contributed by atoms with Gasteiger partial charge in [0.25, 0.3) is 5.91 Å². The van der Waals surface area contributed by atoms with Gasteiger partial charge in [-0.25, -0.2) is 0 Å². The molecule has 0 fully saturated rings. The number of nitrogens with zero attached hydrogens (tertiary/aromatic N) is 2. The van der Waals surface area contributed by atoms with Crippen LogP contribution in [0, 0.1) is 0 Å². The third kappa shape index (κ3) is 2.79. The molecule has 3 aromatic rings. The van der Waals surface area contributed by atoms with E-state index in [1.165, 1.54) is 6.07 Å². The molecule has 0 saturated heterocycles. The van der Waals surface area contributed by atoms with Crippen LogP contribution in [0.5, 0.6) is 11.5 Å². The van der Waals surface area contributed by atoms with Gasteiger partial charge in [-0.2, -0.15) is 9.36 Å². The van der Waals surface area contributed by atoms with E-state index in [1.807, 2.05) is 30.3 Å². The maximum atomic E-state index is 12.4. The number of benzene rings is 2. The largest absolute Gasteiger partial charge is 0.454 e. The van der Waals surface area contributed by atoms with Crippen LogP contribution < -0.4 is 14.8 Å². The van der Waals surface area contributed by atoms with Gasteiger partial charge in [-0.1, -0.05) is 41.9 Å². The van der Waals surface area contributed by atoms with Crippen LogP contribution in [0.1, 0.15) is 10.4 Å². The quantitative estimate of drug-likeness (QED) is 0.769. The molecule has 4 rings (SSSR count). The molecule has 8 heteroatoms. The second kappa shape index (κ2) is 6.10. The lowest BCUT2D eigenvalue weighted by Crippen LogP contribution is -2.11. The molecule has 6 nitrogen and oxygen atoms in total. The fourth-order valence-electron chi connectivity index (χ4n) is 2.25. The van der Waals surface area contributed by atoms with Gasteiger partial charge in [0.05, 0.1) is 5.02 Å². The van der Waals surface area contributed by atoms with Crippen molar-refractivity contribution in [2.24, 2.45) is 0 Å². The number of hydrogen-bond donors (Lipinski definition) is 1. The summed E-state index contributed by atoms with van der Waals surface area (Å²) in [6.07, 6.45) is 0. The molecule has 0 unspecified atom stereocenters. The van der Waals surface area contributed by atoms with E-state index in [-0.39, 0.29) is 12.7 Å². The van der Waals surface area contributed by atoms with Crippen molar-refractivity contribution in [2.75, 3.05) is 12.1 Å². The van der Waals surface area contributed by atoms with Crippen molar-refractivity contribution < 1.29 is 14.3 Å². The first-order valence-electron chi connectivity index (χ1n) is 7.00. The minimum absolute atomic E-state index is 0.0942. The number of hydrogen-bond acceptors (Lipinski definition) is 6. The highest BCUT2D eigenvalue weighted by atomic mass is 35.5. The average Bonchev–Trinajstić information content (AvgIpc) is 3.25. The van der Waals surface area contributed by atoms with Crippen LogP contribution in [0.3, 0.4) is 0 Å². The van der Waals surface area contributed by atoms with Gasteiger partial charge in [0.15, 0.2) is 17.3 Å². The minimum Gasteiger partial charge on any atom is -0.454 e. The number of anilines is 1. The molecule has 24 heavy (non-hydrogen) atoms. The van der Waals surface area contributed by atoms with Crippen LogP contribution >= 0.6 is 23.1 Å². The molecule has 2 aromatic carbocycles. The van der Waals surface area contributed by atoms with Crippen LogP contribution in [-0.4, -0.2) is 22.1 Å². The number of nitrogens with one attached hydrogen (secondary N) is 1. The molecular formula is C16H10ClN3O3S. The number of rotatable bonds is 3. The highest BCUT2D eigenvalue weighted by molar-refractivity contribution is 7.10. The third-order valence-electron chi connectivity index (χ3n) is 3.37. The highest BCUT2D eigenvalue weighted by Crippen LogP contribution is 2.39. The Balaban J connectivity index is 1.55. The van der Waals surface area contributed by atoms with Gasteiger partial charge in [-0.15, -0.1) is 0 Å². The summed E-state index contributed by atoms with van der Waals surface area (Å²) >= 11 is 7.21. The Labute approximate surface area is 146 Å². The van der Waals surface area contributed by atoms with Crippen molar-refractivity contribution in [3.8, 4) is 22.9 Å². The zero-order valence-electron chi connectivity index (χ0n) is 12.2. The minimum atomic E-state index is -0.342. The Kier molecular flexibility index (Phi) is 3.79. The maximum absolute atomic E-state index is 12.4. The molecule has 2 heterocycles. The SMILES string of the molecule is O=C(Nc1nc(-c2ccccc2)ns1)c1cc(Cl)c2c(c1)OCO2. The van der Waals surface area contributed by atoms with Crippen molar-refractivity contribution in [2.45, 2.75) is 0 Å². The molecule has 0 saturated carbocycles. The van der Waals surface area contributed by atoms with Crippen molar-refractivity contribution in [1.82, 2.24) is 9.36 Å². The number of amides is 1. The van der Waals surface area contributed by atoms with Crippen LogP contribution in [0.2, 0.25) is 5.02 Å². The molecule has 1 aliphatic heterocycles. The van der Waals surface area contributed by atoms with Crippen molar-refractivity contribution in [3.05, 3.63) is 53.1 Å². The summed E-state index contributed by atoms with van der Waals surface area (Å²) in [4.78, 5) is 16.7. The number of carbonyl (C=O) groups is 1. The van der Waals surface area contributed by atoms with E-state index in [0.29, 0.717) is 33.0 Å². The molecule has 0 bridgehead atoms. The van der Waals surface area contributed by atoms with Crippen molar-refractivity contribution >= 4 is 34.2 Å². The van der Waals surface area contributed by atoms with Crippen LogP contribution in [0.25, 0.3) is 11.4 Å². The first-order chi connectivity index (χ1) is 11.7. The highest BCUT2D eigenvalue weighted by Gasteiger charge is 2.21. The van der Waals surface area contributed by atoms with Gasteiger partial charge < -0.3 is 9.47 Å². The van der Waals surface area contributed by atoms with E-state index in [1.54, 1.807) is 6.07 Å². The lowest BCUT2D eigenvalue weighted by molar-refractivity contribution is 0.102. The first kappa shape index (κ1) is 14.9. The predicted molar refractivity (Wildman–Crippen MR) is 90.9 cm³/mol. The number of fused-ring (bicyclic) bond motifs is 1. The first-order valence-corrected chi connectivity index (χ1v) is 8.15. The molecule has 0 spiro atoms. The van der Waals surface area contributed by atoms with Gasteiger partial charge in [-0.05, 0) is 12.1 Å². The van der Waals surface area contributed by atoms with Gasteiger partial charge in [0.2, 0.25) is 11.9 Å². The molecule has 1 amide bonds. The van der Waals surface area contributed by atoms with E-state index in [9.17, 15) is 4.79 Å². The molecular weight excluding hydrogens is 350 g/mol. The monoisotopic (exact) mass is 359 g/mol. The van der Waals surface area contributed by atoms with Gasteiger partial charge in [-0.3, -0.25) is 10.1 Å². The van der Waals surface area contributed by atoms with Crippen LogP contribution in [-0.2, 0) is 0 Å². The summed E-state index contributed by atoms with van der Waals surface area (Å²) in [5, 5.41) is 3.46. The van der Waals surface area contributed by atoms with Gasteiger partial charge >= 0.3 is 0 Å². The molecule has 1 aliphatic rings. The fourth-order valence-corrected chi connectivity index (χ4v) is 3.10. The Morgan fingerprint density at radius 1 is 1.21 bits per heavy atom. The number of aromatic nitrogens is 2. The average molecular weight is 360 g/mol. The molecule has 120 valence electrons. The molecule has 1 N–H and O–H groups in total.